The monoisotopic (exact) mass is 207 g/mol. The number of unbranched alkanes of at least 4 members (excludes halogenated alkanes) is 1. The fourth-order valence-electron chi connectivity index (χ4n) is 0.949. The molecule has 0 aliphatic rings. The molecule has 0 aliphatic carbocycles. The van der Waals surface area contributed by atoms with Crippen LogP contribution in [0, 0.1) is 0 Å². The Hall–Kier alpha value is 0.0700. The van der Waals surface area contributed by atoms with E-state index in [0.717, 1.165) is 31.6 Å². The summed E-state index contributed by atoms with van der Waals surface area (Å²) in [5.41, 5.74) is 5.69. The highest BCUT2D eigenvalue weighted by atomic mass is 32.2. The first kappa shape index (κ1) is 13.1. The Bertz CT molecular complexity index is 142. The minimum Gasteiger partial charge on any atom is -0.385 e. The molecule has 0 aromatic heterocycles. The van der Waals surface area contributed by atoms with Gasteiger partial charge in [-0.3, -0.25) is 4.21 Å². The Kier molecular flexibility index (Phi) is 8.71. The molecule has 0 aromatic rings. The van der Waals surface area contributed by atoms with Gasteiger partial charge in [0.05, 0.1) is 0 Å². The molecule has 0 heterocycles. The smallest absolute Gasteiger partial charge is 0.0462 e. The van der Waals surface area contributed by atoms with Crippen molar-refractivity contribution < 1.29 is 8.95 Å². The number of ether oxygens (including phenoxy) is 1. The third-order valence-electron chi connectivity index (χ3n) is 1.89. The molecule has 0 rings (SSSR count). The summed E-state index contributed by atoms with van der Waals surface area (Å²) in [6.45, 7) is 2.78. The maximum Gasteiger partial charge on any atom is 0.0462 e. The van der Waals surface area contributed by atoms with Crippen LogP contribution in [0.2, 0.25) is 0 Å². The van der Waals surface area contributed by atoms with E-state index >= 15 is 0 Å². The normalized spacial score (nSPS) is 15.6. The molecule has 4 heteroatoms. The quantitative estimate of drug-likeness (QED) is 0.602. The van der Waals surface area contributed by atoms with Crippen LogP contribution in [0.1, 0.15) is 26.2 Å². The lowest BCUT2D eigenvalue weighted by Gasteiger charge is -2.07. The van der Waals surface area contributed by atoms with Crippen LogP contribution in [0.3, 0.4) is 0 Å². The summed E-state index contributed by atoms with van der Waals surface area (Å²) in [6.07, 6.45) is 2.87. The summed E-state index contributed by atoms with van der Waals surface area (Å²) in [6, 6.07) is 0.100. The zero-order valence-electron chi connectivity index (χ0n) is 8.62. The lowest BCUT2D eigenvalue weighted by atomic mass is 10.3. The van der Waals surface area contributed by atoms with Crippen molar-refractivity contribution in [3.8, 4) is 0 Å². The van der Waals surface area contributed by atoms with E-state index in [9.17, 15) is 4.21 Å². The third-order valence-corrected chi connectivity index (χ3v) is 3.44. The Balaban J connectivity index is 3.30. The number of hydrogen-bond donors (Lipinski definition) is 1. The highest BCUT2D eigenvalue weighted by Crippen LogP contribution is 1.97. The molecule has 0 radical (unpaired) electrons. The number of nitrogens with two attached hydrogens (primary N) is 1. The molecule has 2 unspecified atom stereocenters. The predicted molar refractivity (Wildman–Crippen MR) is 57.3 cm³/mol. The van der Waals surface area contributed by atoms with Gasteiger partial charge in [0, 0.05) is 42.1 Å². The van der Waals surface area contributed by atoms with Gasteiger partial charge < -0.3 is 10.5 Å². The van der Waals surface area contributed by atoms with Crippen molar-refractivity contribution in [2.45, 2.75) is 32.2 Å². The van der Waals surface area contributed by atoms with E-state index in [-0.39, 0.29) is 6.04 Å². The van der Waals surface area contributed by atoms with Gasteiger partial charge in [-0.05, 0) is 19.3 Å². The van der Waals surface area contributed by atoms with E-state index in [1.165, 1.54) is 0 Å². The van der Waals surface area contributed by atoms with Crippen LogP contribution in [0.25, 0.3) is 0 Å². The molecule has 0 aromatic carbocycles. The van der Waals surface area contributed by atoms with Crippen LogP contribution in [0.15, 0.2) is 0 Å². The lowest BCUT2D eigenvalue weighted by Crippen LogP contribution is -2.26. The van der Waals surface area contributed by atoms with Crippen LogP contribution in [0.5, 0.6) is 0 Å². The second kappa shape index (κ2) is 8.66. The second-order valence-corrected chi connectivity index (χ2v) is 4.80. The largest absolute Gasteiger partial charge is 0.385 e. The van der Waals surface area contributed by atoms with Gasteiger partial charge in [-0.1, -0.05) is 6.92 Å². The Labute approximate surface area is 83.5 Å². The van der Waals surface area contributed by atoms with Gasteiger partial charge in [-0.25, -0.2) is 0 Å². The first-order chi connectivity index (χ1) is 6.20. The van der Waals surface area contributed by atoms with Crippen LogP contribution in [-0.4, -0.2) is 35.5 Å². The molecular weight excluding hydrogens is 186 g/mol. The first-order valence-corrected chi connectivity index (χ1v) is 6.29. The molecule has 0 aliphatic heterocycles. The summed E-state index contributed by atoms with van der Waals surface area (Å²) in [5, 5.41) is 0. The van der Waals surface area contributed by atoms with Crippen LogP contribution in [-0.2, 0) is 15.5 Å². The molecule has 0 saturated carbocycles. The van der Waals surface area contributed by atoms with Crippen molar-refractivity contribution in [2.24, 2.45) is 5.73 Å². The second-order valence-electron chi connectivity index (χ2n) is 3.18. The number of methoxy groups -OCH3 is 1. The summed E-state index contributed by atoms with van der Waals surface area (Å²) < 4.78 is 16.3. The van der Waals surface area contributed by atoms with Gasteiger partial charge >= 0.3 is 0 Å². The lowest BCUT2D eigenvalue weighted by molar-refractivity contribution is 0.194. The van der Waals surface area contributed by atoms with Crippen molar-refractivity contribution in [2.75, 3.05) is 25.2 Å². The van der Waals surface area contributed by atoms with Crippen molar-refractivity contribution in [1.29, 1.82) is 0 Å². The van der Waals surface area contributed by atoms with Crippen LogP contribution < -0.4 is 5.73 Å². The molecule has 2 atom stereocenters. The third kappa shape index (κ3) is 8.40. The molecule has 0 spiro atoms. The van der Waals surface area contributed by atoms with Gasteiger partial charge in [0.2, 0.25) is 0 Å². The average molecular weight is 207 g/mol. The van der Waals surface area contributed by atoms with E-state index in [4.69, 9.17) is 10.5 Å². The molecule has 0 fully saturated rings. The van der Waals surface area contributed by atoms with E-state index in [0.29, 0.717) is 5.75 Å². The van der Waals surface area contributed by atoms with Crippen molar-refractivity contribution >= 4 is 10.8 Å². The highest BCUT2D eigenvalue weighted by molar-refractivity contribution is 7.85. The van der Waals surface area contributed by atoms with Gasteiger partial charge in [-0.2, -0.15) is 0 Å². The molecule has 0 saturated heterocycles. The first-order valence-electron chi connectivity index (χ1n) is 4.80. The van der Waals surface area contributed by atoms with Crippen molar-refractivity contribution in [3.05, 3.63) is 0 Å². The molecular formula is C9H21NO2S. The van der Waals surface area contributed by atoms with E-state index in [2.05, 4.69) is 0 Å². The Morgan fingerprint density at radius 3 is 2.69 bits per heavy atom. The maximum absolute atomic E-state index is 11.4. The fraction of sp³-hybridized carbons (Fsp3) is 1.00. The maximum atomic E-state index is 11.4. The van der Waals surface area contributed by atoms with Gasteiger partial charge in [-0.15, -0.1) is 0 Å². The highest BCUT2D eigenvalue weighted by Gasteiger charge is 2.05. The summed E-state index contributed by atoms with van der Waals surface area (Å²) in [7, 11) is 0.950. The zero-order chi connectivity index (χ0) is 10.1. The number of hydrogen-bond acceptors (Lipinski definition) is 3. The van der Waals surface area contributed by atoms with Gasteiger partial charge in [0.15, 0.2) is 0 Å². The molecule has 0 amide bonds. The van der Waals surface area contributed by atoms with Gasteiger partial charge in [0.1, 0.15) is 0 Å². The summed E-state index contributed by atoms with van der Waals surface area (Å²) >= 11 is 0. The minimum absolute atomic E-state index is 0.100. The van der Waals surface area contributed by atoms with Crippen molar-refractivity contribution in [1.82, 2.24) is 0 Å². The Morgan fingerprint density at radius 1 is 1.46 bits per heavy atom. The summed E-state index contributed by atoms with van der Waals surface area (Å²) in [4.78, 5) is 0. The average Bonchev–Trinajstić information content (AvgIpc) is 2.12. The zero-order valence-corrected chi connectivity index (χ0v) is 9.44. The predicted octanol–water partition coefficient (Wildman–Crippen LogP) is 0.899. The standard InChI is InChI=1S/C9H21NO2S/c1-3-9(10)8-13(11)7-5-4-6-12-2/h9H,3-8,10H2,1-2H3. The van der Waals surface area contributed by atoms with Crippen molar-refractivity contribution in [3.63, 3.8) is 0 Å². The fourth-order valence-corrected chi connectivity index (χ4v) is 2.36. The number of rotatable bonds is 8. The topological polar surface area (TPSA) is 52.3 Å². The van der Waals surface area contributed by atoms with E-state index in [1.807, 2.05) is 6.92 Å². The Morgan fingerprint density at radius 2 is 2.15 bits per heavy atom. The van der Waals surface area contributed by atoms with Gasteiger partial charge in [0.25, 0.3) is 0 Å². The van der Waals surface area contributed by atoms with Crippen LogP contribution in [0.4, 0.5) is 0 Å². The van der Waals surface area contributed by atoms with E-state index in [1.54, 1.807) is 7.11 Å². The molecule has 80 valence electrons. The molecule has 2 N–H and O–H groups in total. The molecule has 3 nitrogen and oxygen atoms in total. The molecule has 0 bridgehead atoms. The van der Waals surface area contributed by atoms with E-state index < -0.39 is 10.8 Å². The molecule has 13 heavy (non-hydrogen) atoms. The SMILES string of the molecule is CCC(N)CS(=O)CCCCOC. The van der Waals surface area contributed by atoms with Crippen LogP contribution >= 0.6 is 0 Å². The minimum atomic E-state index is -0.734. The summed E-state index contributed by atoms with van der Waals surface area (Å²) in [5.74, 6) is 1.40.